The quantitative estimate of drug-likeness (QED) is 0.917. The van der Waals surface area contributed by atoms with E-state index in [0.29, 0.717) is 30.7 Å². The molecule has 1 fully saturated rings. The maximum absolute atomic E-state index is 12.1. The molecule has 122 valence electrons. The molecule has 0 spiro atoms. The number of ether oxygens (including phenoxy) is 1. The molecule has 0 bridgehead atoms. The van der Waals surface area contributed by atoms with Crippen molar-refractivity contribution in [1.29, 1.82) is 0 Å². The van der Waals surface area contributed by atoms with Crippen molar-refractivity contribution in [3.8, 4) is 6.01 Å². The Kier molecular flexibility index (Phi) is 5.44. The maximum Gasteiger partial charge on any atom is 0.397 e. The summed E-state index contributed by atoms with van der Waals surface area (Å²) in [6, 6.07) is -0.0326. The summed E-state index contributed by atoms with van der Waals surface area (Å²) >= 11 is 5.67. The molecule has 22 heavy (non-hydrogen) atoms. The van der Waals surface area contributed by atoms with Crippen molar-refractivity contribution in [2.45, 2.75) is 50.4 Å². The van der Waals surface area contributed by atoms with Gasteiger partial charge in [0.25, 0.3) is 0 Å². The zero-order valence-corrected chi connectivity index (χ0v) is 12.3. The van der Waals surface area contributed by atoms with Crippen molar-refractivity contribution in [3.63, 3.8) is 0 Å². The second kappa shape index (κ2) is 7.13. The van der Waals surface area contributed by atoms with Crippen LogP contribution in [-0.4, -0.2) is 34.2 Å². The third kappa shape index (κ3) is 5.67. The van der Waals surface area contributed by atoms with Crippen molar-refractivity contribution in [2.24, 2.45) is 0 Å². The lowest BCUT2D eigenvalue weighted by molar-refractivity contribution is -0.154. The smallest absolute Gasteiger partial charge is 0.397 e. The highest BCUT2D eigenvalue weighted by Crippen LogP contribution is 2.24. The Bertz CT molecular complexity index is 502. The molecule has 2 rings (SSSR count). The van der Waals surface area contributed by atoms with Crippen LogP contribution in [0.1, 0.15) is 32.1 Å². The fourth-order valence-corrected chi connectivity index (χ4v) is 2.39. The van der Waals surface area contributed by atoms with Gasteiger partial charge in [-0.2, -0.15) is 13.2 Å². The van der Waals surface area contributed by atoms with Gasteiger partial charge in [0.05, 0.1) is 17.4 Å². The van der Waals surface area contributed by atoms with Crippen molar-refractivity contribution >= 4 is 17.5 Å². The van der Waals surface area contributed by atoms with E-state index < -0.39 is 18.5 Å². The van der Waals surface area contributed by atoms with Gasteiger partial charge in [0.15, 0.2) is 0 Å². The summed E-state index contributed by atoms with van der Waals surface area (Å²) in [7, 11) is 0. The highest BCUT2D eigenvalue weighted by atomic mass is 35.5. The molecule has 1 saturated carbocycles. The number of amides is 1. The van der Waals surface area contributed by atoms with Gasteiger partial charge in [0, 0.05) is 6.04 Å². The van der Waals surface area contributed by atoms with Crippen molar-refractivity contribution < 1.29 is 22.7 Å². The molecule has 1 aromatic heterocycles. The first-order valence-electron chi connectivity index (χ1n) is 6.82. The Hall–Kier alpha value is -1.57. The van der Waals surface area contributed by atoms with Gasteiger partial charge in [-0.25, -0.2) is 9.97 Å². The van der Waals surface area contributed by atoms with Gasteiger partial charge in [-0.15, -0.1) is 0 Å². The van der Waals surface area contributed by atoms with Crippen molar-refractivity contribution in [3.05, 3.63) is 17.4 Å². The molecule has 0 aromatic carbocycles. The molecule has 0 atom stereocenters. The molecule has 5 nitrogen and oxygen atoms in total. The SMILES string of the molecule is O=C(CC(F)(F)F)NC1CCC(Oc2ncc(Cl)cn2)CC1. The predicted molar refractivity (Wildman–Crippen MR) is 72.5 cm³/mol. The molecular weight excluding hydrogens is 323 g/mol. The molecule has 1 aliphatic carbocycles. The minimum absolute atomic E-state index is 0.114. The molecule has 0 radical (unpaired) electrons. The van der Waals surface area contributed by atoms with E-state index in [1.165, 1.54) is 12.4 Å². The number of alkyl halides is 3. The maximum atomic E-state index is 12.1. The Morgan fingerprint density at radius 2 is 1.86 bits per heavy atom. The van der Waals surface area contributed by atoms with E-state index in [4.69, 9.17) is 16.3 Å². The second-order valence-corrected chi connectivity index (χ2v) is 5.57. The monoisotopic (exact) mass is 337 g/mol. The molecule has 1 N–H and O–H groups in total. The van der Waals surface area contributed by atoms with Crippen LogP contribution >= 0.6 is 11.6 Å². The number of hydrogen-bond donors (Lipinski definition) is 1. The Balaban J connectivity index is 1.73. The number of nitrogens with zero attached hydrogens (tertiary/aromatic N) is 2. The number of halogens is 4. The summed E-state index contributed by atoms with van der Waals surface area (Å²) < 4.78 is 41.8. The minimum atomic E-state index is -4.48. The molecule has 1 amide bonds. The van der Waals surface area contributed by atoms with Gasteiger partial charge in [0.2, 0.25) is 5.91 Å². The lowest BCUT2D eigenvalue weighted by atomic mass is 9.93. The summed E-state index contributed by atoms with van der Waals surface area (Å²) in [4.78, 5) is 19.1. The molecular formula is C13H15ClF3N3O2. The van der Waals surface area contributed by atoms with Gasteiger partial charge >= 0.3 is 12.2 Å². The molecule has 1 aromatic rings. The molecule has 9 heteroatoms. The van der Waals surface area contributed by atoms with Crippen LogP contribution in [0.2, 0.25) is 5.02 Å². The third-order valence-electron chi connectivity index (χ3n) is 3.27. The lowest BCUT2D eigenvalue weighted by Crippen LogP contribution is -2.41. The number of carbonyl (C=O) groups excluding carboxylic acids is 1. The topological polar surface area (TPSA) is 64.1 Å². The Morgan fingerprint density at radius 3 is 2.41 bits per heavy atom. The second-order valence-electron chi connectivity index (χ2n) is 5.13. The lowest BCUT2D eigenvalue weighted by Gasteiger charge is -2.28. The van der Waals surface area contributed by atoms with E-state index in [1.807, 2.05) is 0 Å². The number of aromatic nitrogens is 2. The molecule has 0 unspecified atom stereocenters. The summed E-state index contributed by atoms with van der Waals surface area (Å²) in [5.41, 5.74) is 0. The van der Waals surface area contributed by atoms with Crippen LogP contribution in [0.4, 0.5) is 13.2 Å². The summed E-state index contributed by atoms with van der Waals surface area (Å²) in [6.07, 6.45) is -0.842. The summed E-state index contributed by atoms with van der Waals surface area (Å²) in [5, 5.41) is 2.81. The van der Waals surface area contributed by atoms with E-state index in [-0.39, 0.29) is 18.2 Å². The standard InChI is InChI=1S/C13H15ClF3N3O2/c14-8-6-18-12(19-7-8)22-10-3-1-9(2-4-10)20-11(21)5-13(15,16)17/h6-7,9-10H,1-5H2,(H,20,21). The predicted octanol–water partition coefficient (Wildman–Crippen LogP) is 2.89. The largest absolute Gasteiger partial charge is 0.460 e. The number of nitrogens with one attached hydrogen (secondary N) is 1. The Labute approximate surface area is 130 Å². The van der Waals surface area contributed by atoms with Gasteiger partial charge in [-0.3, -0.25) is 4.79 Å². The Morgan fingerprint density at radius 1 is 1.27 bits per heavy atom. The fourth-order valence-electron chi connectivity index (χ4n) is 2.30. The number of hydrogen-bond acceptors (Lipinski definition) is 4. The average molecular weight is 338 g/mol. The average Bonchev–Trinajstić information content (AvgIpc) is 2.41. The number of rotatable bonds is 4. The van der Waals surface area contributed by atoms with Crippen LogP contribution in [0.5, 0.6) is 6.01 Å². The van der Waals surface area contributed by atoms with E-state index >= 15 is 0 Å². The minimum Gasteiger partial charge on any atom is -0.460 e. The van der Waals surface area contributed by atoms with E-state index in [2.05, 4.69) is 15.3 Å². The normalized spacial score (nSPS) is 22.2. The van der Waals surface area contributed by atoms with Crippen LogP contribution < -0.4 is 10.1 Å². The molecule has 1 heterocycles. The third-order valence-corrected chi connectivity index (χ3v) is 3.46. The van der Waals surface area contributed by atoms with Crippen molar-refractivity contribution in [2.75, 3.05) is 0 Å². The van der Waals surface area contributed by atoms with Crippen LogP contribution in [0.25, 0.3) is 0 Å². The fraction of sp³-hybridized carbons (Fsp3) is 0.615. The zero-order chi connectivity index (χ0) is 16.2. The summed E-state index contributed by atoms with van der Waals surface area (Å²) in [5.74, 6) is -0.988. The van der Waals surface area contributed by atoms with Crippen LogP contribution in [0.3, 0.4) is 0 Å². The van der Waals surface area contributed by atoms with Gasteiger partial charge in [0.1, 0.15) is 12.5 Å². The van der Waals surface area contributed by atoms with E-state index in [9.17, 15) is 18.0 Å². The first-order chi connectivity index (χ1) is 10.3. The van der Waals surface area contributed by atoms with Crippen LogP contribution in [0, 0.1) is 0 Å². The molecule has 1 aliphatic rings. The number of carbonyl (C=O) groups is 1. The molecule has 0 saturated heterocycles. The van der Waals surface area contributed by atoms with Gasteiger partial charge < -0.3 is 10.1 Å². The van der Waals surface area contributed by atoms with E-state index in [1.54, 1.807) is 0 Å². The van der Waals surface area contributed by atoms with Crippen molar-refractivity contribution in [1.82, 2.24) is 15.3 Å². The van der Waals surface area contributed by atoms with E-state index in [0.717, 1.165) is 0 Å². The molecule has 0 aliphatic heterocycles. The zero-order valence-electron chi connectivity index (χ0n) is 11.6. The van der Waals surface area contributed by atoms with Crippen LogP contribution in [0.15, 0.2) is 12.4 Å². The van der Waals surface area contributed by atoms with Crippen LogP contribution in [-0.2, 0) is 4.79 Å². The first kappa shape index (κ1) is 16.8. The summed E-state index contributed by atoms with van der Waals surface area (Å²) in [6.45, 7) is 0. The first-order valence-corrected chi connectivity index (χ1v) is 7.20. The highest BCUT2D eigenvalue weighted by Gasteiger charge is 2.32. The van der Waals surface area contributed by atoms with Gasteiger partial charge in [-0.05, 0) is 25.7 Å². The van der Waals surface area contributed by atoms with Gasteiger partial charge in [-0.1, -0.05) is 11.6 Å². The highest BCUT2D eigenvalue weighted by molar-refractivity contribution is 6.30.